The fourth-order valence-electron chi connectivity index (χ4n) is 5.57. The number of carboxylic acids is 2. The van der Waals surface area contributed by atoms with Crippen LogP contribution in [0.3, 0.4) is 0 Å². The van der Waals surface area contributed by atoms with Crippen molar-refractivity contribution < 1.29 is 53.2 Å². The van der Waals surface area contributed by atoms with Crippen LogP contribution in [0, 0.1) is 0 Å². The van der Waals surface area contributed by atoms with E-state index in [-0.39, 0.29) is 75.1 Å². The molecule has 0 aromatic heterocycles. The number of esters is 3. The summed E-state index contributed by atoms with van der Waals surface area (Å²) in [4.78, 5) is 85.9. The van der Waals surface area contributed by atoms with Gasteiger partial charge in [-0.1, -0.05) is 43.0 Å². The first-order valence-corrected chi connectivity index (χ1v) is 14.1. The second kappa shape index (κ2) is 11.8. The Bertz CT molecular complexity index is 1990. The lowest BCUT2D eigenvalue weighted by atomic mass is 9.92. The average Bonchev–Trinajstić information content (AvgIpc) is 3.49. The SMILES string of the molecule is C=C1OC(=O)c2cc(C(=O)Cc3ccc(Cc4ccc(CC(=O)c5ccc6c(c5)C(=O)OC6=O)c(C(=O)O)c4)cc3C(=O)O)ccc21. The lowest BCUT2D eigenvalue weighted by Crippen LogP contribution is -2.11. The van der Waals surface area contributed by atoms with Gasteiger partial charge < -0.3 is 19.7 Å². The Labute approximate surface area is 265 Å². The summed E-state index contributed by atoms with van der Waals surface area (Å²) >= 11 is 0. The summed E-state index contributed by atoms with van der Waals surface area (Å²) < 4.78 is 9.53. The molecule has 0 unspecified atom stereocenters. The summed E-state index contributed by atoms with van der Waals surface area (Å²) in [6.07, 6.45) is -0.388. The van der Waals surface area contributed by atoms with Crippen LogP contribution in [0.2, 0.25) is 0 Å². The van der Waals surface area contributed by atoms with Crippen molar-refractivity contribution in [3.8, 4) is 0 Å². The van der Waals surface area contributed by atoms with Crippen molar-refractivity contribution in [2.75, 3.05) is 0 Å². The van der Waals surface area contributed by atoms with Gasteiger partial charge in [-0.25, -0.2) is 24.0 Å². The lowest BCUT2D eigenvalue weighted by Gasteiger charge is -2.11. The molecule has 0 bridgehead atoms. The Morgan fingerprint density at radius 3 is 1.51 bits per heavy atom. The maximum Gasteiger partial charge on any atom is 0.346 e. The van der Waals surface area contributed by atoms with Crippen LogP contribution in [0.1, 0.15) is 100 Å². The summed E-state index contributed by atoms with van der Waals surface area (Å²) in [5.74, 6) is -5.50. The molecule has 0 saturated heterocycles. The molecule has 11 heteroatoms. The molecule has 0 fully saturated rings. The summed E-state index contributed by atoms with van der Waals surface area (Å²) in [6, 6.07) is 17.5. The van der Waals surface area contributed by atoms with Gasteiger partial charge >= 0.3 is 29.8 Å². The van der Waals surface area contributed by atoms with E-state index in [0.29, 0.717) is 16.7 Å². The van der Waals surface area contributed by atoms with E-state index in [9.17, 15) is 43.8 Å². The lowest BCUT2D eigenvalue weighted by molar-refractivity contribution is 0.0441. The highest BCUT2D eigenvalue weighted by Crippen LogP contribution is 2.30. The third-order valence-electron chi connectivity index (χ3n) is 7.96. The number of carbonyl (C=O) groups excluding carboxylic acids is 5. The predicted molar refractivity (Wildman–Crippen MR) is 163 cm³/mol. The molecule has 47 heavy (non-hydrogen) atoms. The molecule has 6 rings (SSSR count). The predicted octanol–water partition coefficient (Wildman–Crippen LogP) is 4.98. The number of rotatable bonds is 10. The van der Waals surface area contributed by atoms with Crippen LogP contribution in [0.25, 0.3) is 5.76 Å². The van der Waals surface area contributed by atoms with E-state index in [4.69, 9.17) is 4.74 Å². The standard InChI is InChI=1S/C36H22O11/c1-17-24-8-6-22(13-28(24)35(44)46-17)30(37)15-20-4-2-18(11-26(20)32(39)40)10-19-3-5-21(27(12-19)33(41)42)16-31(38)23-7-9-25-29(14-23)36(45)47-34(25)43/h2-9,11-14H,1,10,15-16H2,(H,39,40)(H,41,42). The van der Waals surface area contributed by atoms with E-state index < -0.39 is 41.4 Å². The summed E-state index contributed by atoms with van der Waals surface area (Å²) in [5, 5.41) is 19.8. The summed E-state index contributed by atoms with van der Waals surface area (Å²) in [7, 11) is 0. The number of Topliss-reactive ketones (excluding diaryl/α,β-unsaturated/α-hetero) is 2. The van der Waals surface area contributed by atoms with Crippen molar-refractivity contribution >= 4 is 47.2 Å². The van der Waals surface area contributed by atoms with E-state index in [1.54, 1.807) is 18.2 Å². The number of fused-ring (bicyclic) bond motifs is 2. The molecule has 0 saturated carbocycles. The number of ether oxygens (including phenoxy) is 2. The fourth-order valence-corrected chi connectivity index (χ4v) is 5.57. The van der Waals surface area contributed by atoms with Crippen LogP contribution in [0.15, 0.2) is 79.4 Å². The molecule has 2 aliphatic heterocycles. The molecule has 0 aliphatic carbocycles. The van der Waals surface area contributed by atoms with Gasteiger partial charge in [-0.15, -0.1) is 0 Å². The molecule has 2 heterocycles. The highest BCUT2D eigenvalue weighted by atomic mass is 16.6. The zero-order valence-corrected chi connectivity index (χ0v) is 24.3. The number of hydrogen-bond acceptors (Lipinski definition) is 9. The molecule has 2 N–H and O–H groups in total. The van der Waals surface area contributed by atoms with Gasteiger partial charge in [0.05, 0.1) is 27.8 Å². The van der Waals surface area contributed by atoms with Crippen LogP contribution in [-0.2, 0) is 28.7 Å². The number of carboxylic acid groups (broad SMARTS) is 2. The van der Waals surface area contributed by atoms with Gasteiger partial charge in [-0.3, -0.25) is 9.59 Å². The smallest absolute Gasteiger partial charge is 0.346 e. The number of aromatic carboxylic acids is 2. The van der Waals surface area contributed by atoms with Gasteiger partial charge in [0.1, 0.15) is 5.76 Å². The summed E-state index contributed by atoms with van der Waals surface area (Å²) in [5.41, 5.74) is 2.33. The molecule has 0 radical (unpaired) electrons. The topological polar surface area (TPSA) is 178 Å². The van der Waals surface area contributed by atoms with Crippen LogP contribution in [0.4, 0.5) is 0 Å². The monoisotopic (exact) mass is 630 g/mol. The van der Waals surface area contributed by atoms with Crippen molar-refractivity contribution in [1.82, 2.24) is 0 Å². The van der Waals surface area contributed by atoms with Gasteiger partial charge in [-0.05, 0) is 65.1 Å². The van der Waals surface area contributed by atoms with Crippen LogP contribution < -0.4 is 0 Å². The van der Waals surface area contributed by atoms with Gasteiger partial charge in [0.15, 0.2) is 11.6 Å². The Balaban J connectivity index is 1.20. The molecule has 0 amide bonds. The maximum absolute atomic E-state index is 13.0. The normalized spacial score (nSPS) is 13.1. The van der Waals surface area contributed by atoms with E-state index in [1.807, 2.05) is 0 Å². The number of hydrogen-bond donors (Lipinski definition) is 2. The molecular weight excluding hydrogens is 608 g/mol. The van der Waals surface area contributed by atoms with Crippen LogP contribution in [0.5, 0.6) is 0 Å². The van der Waals surface area contributed by atoms with Crippen LogP contribution >= 0.6 is 0 Å². The highest BCUT2D eigenvalue weighted by molar-refractivity contribution is 6.16. The molecule has 0 atom stereocenters. The molecule has 0 spiro atoms. The molecule has 232 valence electrons. The second-order valence-corrected chi connectivity index (χ2v) is 11.0. The highest BCUT2D eigenvalue weighted by Gasteiger charge is 2.31. The minimum Gasteiger partial charge on any atom is -0.478 e. The zero-order valence-electron chi connectivity index (χ0n) is 24.3. The third kappa shape index (κ3) is 5.85. The van der Waals surface area contributed by atoms with Gasteiger partial charge in [0.25, 0.3) is 0 Å². The number of cyclic esters (lactones) is 3. The first-order chi connectivity index (χ1) is 22.4. The Morgan fingerprint density at radius 2 is 1.00 bits per heavy atom. The summed E-state index contributed by atoms with van der Waals surface area (Å²) in [6.45, 7) is 3.65. The number of benzene rings is 4. The van der Waals surface area contributed by atoms with E-state index in [1.165, 1.54) is 54.6 Å². The number of ketones is 2. The minimum absolute atomic E-state index is 0.0350. The van der Waals surface area contributed by atoms with Gasteiger partial charge in [-0.2, -0.15) is 0 Å². The molecule has 4 aromatic rings. The third-order valence-corrected chi connectivity index (χ3v) is 7.96. The number of carbonyl (C=O) groups is 7. The van der Waals surface area contributed by atoms with Crippen molar-refractivity contribution in [3.63, 3.8) is 0 Å². The van der Waals surface area contributed by atoms with E-state index >= 15 is 0 Å². The molecule has 2 aliphatic rings. The maximum atomic E-state index is 13.0. The molecule has 4 aromatic carbocycles. The quantitative estimate of drug-likeness (QED) is 0.137. The molecule has 11 nitrogen and oxygen atoms in total. The minimum atomic E-state index is -1.28. The van der Waals surface area contributed by atoms with E-state index in [0.717, 1.165) is 0 Å². The Morgan fingerprint density at radius 1 is 0.553 bits per heavy atom. The fraction of sp³-hybridized carbons (Fsp3) is 0.0833. The van der Waals surface area contributed by atoms with Crippen LogP contribution in [-0.4, -0.2) is 51.6 Å². The van der Waals surface area contributed by atoms with Gasteiger partial charge in [0, 0.05) is 29.5 Å². The van der Waals surface area contributed by atoms with Crippen molar-refractivity contribution in [3.05, 3.63) is 146 Å². The van der Waals surface area contributed by atoms with Crippen molar-refractivity contribution in [2.24, 2.45) is 0 Å². The first kappa shape index (κ1) is 30.5. The van der Waals surface area contributed by atoms with Gasteiger partial charge in [0.2, 0.25) is 0 Å². The Hall–Kier alpha value is -6.49. The second-order valence-electron chi connectivity index (χ2n) is 11.0. The average molecular weight is 631 g/mol. The molecular formula is C36H22O11. The first-order valence-electron chi connectivity index (χ1n) is 14.1. The van der Waals surface area contributed by atoms with Crippen molar-refractivity contribution in [2.45, 2.75) is 19.3 Å². The van der Waals surface area contributed by atoms with E-state index in [2.05, 4.69) is 11.3 Å². The van der Waals surface area contributed by atoms with Crippen molar-refractivity contribution in [1.29, 1.82) is 0 Å². The largest absolute Gasteiger partial charge is 0.478 e. The Kier molecular flexibility index (Phi) is 7.66. The zero-order chi connectivity index (χ0) is 33.6.